The number of rotatable bonds is 3. The van der Waals surface area contributed by atoms with Crippen molar-refractivity contribution in [3.05, 3.63) is 17.5 Å². The molecule has 17 heavy (non-hydrogen) atoms. The monoisotopic (exact) mass is 235 g/mol. The summed E-state index contributed by atoms with van der Waals surface area (Å²) in [5, 5.41) is 10.1. The zero-order chi connectivity index (χ0) is 11.8. The second-order valence-electron chi connectivity index (χ2n) is 5.10. The lowest BCUT2D eigenvalue weighted by Crippen LogP contribution is -2.39. The van der Waals surface area contributed by atoms with Crippen molar-refractivity contribution < 1.29 is 9.32 Å². The van der Waals surface area contributed by atoms with Crippen LogP contribution >= 0.6 is 0 Å². The van der Waals surface area contributed by atoms with Gasteiger partial charge in [-0.15, -0.1) is 0 Å². The van der Waals surface area contributed by atoms with Gasteiger partial charge in [-0.1, -0.05) is 12.1 Å². The molecule has 2 heterocycles. The Morgan fingerprint density at radius 3 is 3.00 bits per heavy atom. The van der Waals surface area contributed by atoms with Gasteiger partial charge in [-0.25, -0.2) is 0 Å². The molecule has 0 bridgehead atoms. The van der Waals surface area contributed by atoms with Gasteiger partial charge in [0.25, 0.3) is 5.91 Å². The van der Waals surface area contributed by atoms with Gasteiger partial charge in [0.2, 0.25) is 0 Å². The molecule has 2 aliphatic rings. The van der Waals surface area contributed by atoms with Gasteiger partial charge in [-0.05, 0) is 25.3 Å². The second-order valence-corrected chi connectivity index (χ2v) is 5.10. The van der Waals surface area contributed by atoms with Crippen LogP contribution in [0.25, 0.3) is 0 Å². The van der Waals surface area contributed by atoms with Gasteiger partial charge in [-0.2, -0.15) is 0 Å². The number of hydrogen-bond donors (Lipinski definition) is 2. The Labute approximate surface area is 99.9 Å². The third-order valence-corrected chi connectivity index (χ3v) is 3.57. The average Bonchev–Trinajstić information content (AvgIpc) is 2.91. The lowest BCUT2D eigenvalue weighted by molar-refractivity contribution is 0.0923. The molecule has 2 N–H and O–H groups in total. The zero-order valence-corrected chi connectivity index (χ0v) is 9.90. The van der Waals surface area contributed by atoms with Crippen LogP contribution in [0.3, 0.4) is 0 Å². The van der Waals surface area contributed by atoms with E-state index in [0.717, 1.165) is 31.7 Å². The van der Waals surface area contributed by atoms with Gasteiger partial charge in [0.1, 0.15) is 5.76 Å². The van der Waals surface area contributed by atoms with Crippen molar-refractivity contribution in [2.45, 2.75) is 31.7 Å². The molecule has 1 saturated carbocycles. The largest absolute Gasteiger partial charge is 0.360 e. The number of aromatic nitrogens is 1. The molecule has 0 radical (unpaired) electrons. The predicted molar refractivity (Wildman–Crippen MR) is 61.8 cm³/mol. The van der Waals surface area contributed by atoms with Gasteiger partial charge in [0, 0.05) is 24.6 Å². The summed E-state index contributed by atoms with van der Waals surface area (Å²) in [6, 6.07) is 1.98. The van der Waals surface area contributed by atoms with Crippen molar-refractivity contribution in [3.8, 4) is 0 Å². The normalized spacial score (nSPS) is 28.3. The first-order valence-electron chi connectivity index (χ1n) is 6.22. The van der Waals surface area contributed by atoms with E-state index < -0.39 is 0 Å². The zero-order valence-electron chi connectivity index (χ0n) is 9.90. The molecule has 2 fully saturated rings. The molecule has 1 unspecified atom stereocenters. The average molecular weight is 235 g/mol. The van der Waals surface area contributed by atoms with Crippen molar-refractivity contribution in [2.24, 2.45) is 5.92 Å². The summed E-state index contributed by atoms with van der Waals surface area (Å²) in [6.07, 6.45) is 2.31. The number of hydrogen-bond acceptors (Lipinski definition) is 4. The maximum Gasteiger partial charge on any atom is 0.273 e. The van der Waals surface area contributed by atoms with Crippen molar-refractivity contribution in [1.29, 1.82) is 0 Å². The summed E-state index contributed by atoms with van der Waals surface area (Å²) in [5.41, 5.74) is 0.408. The van der Waals surface area contributed by atoms with E-state index in [-0.39, 0.29) is 11.9 Å². The van der Waals surface area contributed by atoms with Gasteiger partial charge in [0.05, 0.1) is 0 Å². The number of carbonyl (C=O) groups excluding carboxylic acids is 1. The van der Waals surface area contributed by atoms with E-state index in [4.69, 9.17) is 4.52 Å². The van der Waals surface area contributed by atoms with Crippen LogP contribution in [0.5, 0.6) is 0 Å². The molecule has 0 aromatic carbocycles. The Morgan fingerprint density at radius 2 is 2.35 bits per heavy atom. The highest BCUT2D eigenvalue weighted by Crippen LogP contribution is 2.40. The molecular weight excluding hydrogens is 218 g/mol. The Bertz CT molecular complexity index is 425. The SMILES string of the molecule is CC1CNC[C@H]1NC(=O)c1cc(C2CC2)on1. The summed E-state index contributed by atoms with van der Waals surface area (Å²) < 4.78 is 5.17. The minimum Gasteiger partial charge on any atom is -0.360 e. The van der Waals surface area contributed by atoms with Crippen LogP contribution in [0.1, 0.15) is 41.9 Å². The van der Waals surface area contributed by atoms with E-state index in [9.17, 15) is 4.79 Å². The second kappa shape index (κ2) is 4.14. The Balaban J connectivity index is 1.64. The van der Waals surface area contributed by atoms with Crippen LogP contribution < -0.4 is 10.6 Å². The molecular formula is C12H17N3O2. The lowest BCUT2D eigenvalue weighted by atomic mass is 10.1. The Hall–Kier alpha value is -1.36. The molecule has 1 amide bonds. The number of nitrogens with one attached hydrogen (secondary N) is 2. The van der Waals surface area contributed by atoms with Crippen molar-refractivity contribution in [3.63, 3.8) is 0 Å². The van der Waals surface area contributed by atoms with Crippen molar-refractivity contribution in [2.75, 3.05) is 13.1 Å². The Kier molecular flexibility index (Phi) is 2.63. The third-order valence-electron chi connectivity index (χ3n) is 3.57. The van der Waals surface area contributed by atoms with E-state index in [0.29, 0.717) is 17.5 Å². The predicted octanol–water partition coefficient (Wildman–Crippen LogP) is 0.890. The standard InChI is InChI=1S/C12H17N3O2/c1-7-5-13-6-10(7)14-12(16)9-4-11(17-15-9)8-2-3-8/h4,7-8,10,13H,2-3,5-6H2,1H3,(H,14,16)/t7?,10-/m1/s1. The first-order chi connectivity index (χ1) is 8.24. The minimum absolute atomic E-state index is 0.124. The van der Waals surface area contributed by atoms with Crippen LogP contribution in [0.15, 0.2) is 10.6 Å². The lowest BCUT2D eigenvalue weighted by Gasteiger charge is -2.14. The van der Waals surface area contributed by atoms with Crippen LogP contribution in [-0.2, 0) is 0 Å². The van der Waals surface area contributed by atoms with Gasteiger partial charge in [-0.3, -0.25) is 4.79 Å². The van der Waals surface area contributed by atoms with Crippen LogP contribution in [0.4, 0.5) is 0 Å². The third kappa shape index (κ3) is 2.20. The first-order valence-corrected chi connectivity index (χ1v) is 6.22. The summed E-state index contributed by atoms with van der Waals surface area (Å²) >= 11 is 0. The number of nitrogens with zero attached hydrogens (tertiary/aromatic N) is 1. The highest BCUT2D eigenvalue weighted by atomic mass is 16.5. The summed E-state index contributed by atoms with van der Waals surface area (Å²) in [7, 11) is 0. The van der Waals surface area contributed by atoms with Gasteiger partial charge in [0.15, 0.2) is 5.69 Å². The molecule has 0 spiro atoms. The highest BCUT2D eigenvalue weighted by molar-refractivity contribution is 5.92. The molecule has 5 nitrogen and oxygen atoms in total. The molecule has 1 saturated heterocycles. The maximum atomic E-state index is 11.9. The van der Waals surface area contributed by atoms with Crippen molar-refractivity contribution >= 4 is 5.91 Å². The summed E-state index contributed by atoms with van der Waals surface area (Å²) in [5.74, 6) is 1.69. The fraction of sp³-hybridized carbons (Fsp3) is 0.667. The highest BCUT2D eigenvalue weighted by Gasteiger charge is 2.30. The topological polar surface area (TPSA) is 67.2 Å². The van der Waals surface area contributed by atoms with E-state index in [1.807, 2.05) is 0 Å². The quantitative estimate of drug-likeness (QED) is 0.816. The van der Waals surface area contributed by atoms with E-state index in [1.54, 1.807) is 6.07 Å². The number of carbonyl (C=O) groups is 1. The minimum atomic E-state index is -0.124. The van der Waals surface area contributed by atoms with E-state index in [2.05, 4.69) is 22.7 Å². The Morgan fingerprint density at radius 1 is 1.53 bits per heavy atom. The molecule has 1 aromatic heterocycles. The summed E-state index contributed by atoms with van der Waals surface area (Å²) in [6.45, 7) is 3.92. The molecule has 3 rings (SSSR count). The molecule has 1 aromatic rings. The van der Waals surface area contributed by atoms with Crippen LogP contribution in [0.2, 0.25) is 0 Å². The van der Waals surface area contributed by atoms with Crippen LogP contribution in [-0.4, -0.2) is 30.2 Å². The first kappa shape index (κ1) is 10.8. The summed E-state index contributed by atoms with van der Waals surface area (Å²) in [4.78, 5) is 11.9. The van der Waals surface area contributed by atoms with Crippen molar-refractivity contribution in [1.82, 2.24) is 15.8 Å². The molecule has 2 atom stereocenters. The van der Waals surface area contributed by atoms with Gasteiger partial charge < -0.3 is 15.2 Å². The molecule has 92 valence electrons. The fourth-order valence-corrected chi connectivity index (χ4v) is 2.20. The number of amides is 1. The van der Waals surface area contributed by atoms with Crippen LogP contribution in [0, 0.1) is 5.92 Å². The molecule has 1 aliphatic heterocycles. The smallest absolute Gasteiger partial charge is 0.273 e. The van der Waals surface area contributed by atoms with E-state index >= 15 is 0 Å². The fourth-order valence-electron chi connectivity index (χ4n) is 2.20. The van der Waals surface area contributed by atoms with E-state index in [1.165, 1.54) is 0 Å². The molecule has 5 heteroatoms. The van der Waals surface area contributed by atoms with Gasteiger partial charge >= 0.3 is 0 Å². The maximum absolute atomic E-state index is 11.9. The molecule has 1 aliphatic carbocycles.